The van der Waals surface area contributed by atoms with Crippen LogP contribution in [0.4, 0.5) is 10.2 Å². The largest absolute Gasteiger partial charge is 0.461 e. The molecule has 242 valence electrons. The number of esters is 1. The van der Waals surface area contributed by atoms with Gasteiger partial charge in [0, 0.05) is 47.3 Å². The summed E-state index contributed by atoms with van der Waals surface area (Å²) in [7, 11) is 0. The third-order valence-electron chi connectivity index (χ3n) is 11.0. The molecule has 5 aliphatic heterocycles. The molecular formula is C35H34ClFN6O4. The van der Waals surface area contributed by atoms with Gasteiger partial charge in [-0.25, -0.2) is 4.39 Å². The molecule has 2 aromatic carbocycles. The van der Waals surface area contributed by atoms with Gasteiger partial charge in [-0.3, -0.25) is 19.5 Å². The molecule has 12 heteroatoms. The number of amides is 1. The quantitative estimate of drug-likeness (QED) is 0.261. The first kappa shape index (κ1) is 29.1. The number of halogens is 2. The SMILES string of the molecule is O=C1CC(C(=O)N2[C@@H]3CC[C@H]2CN(c2nc(OCC45CCCN4CCC5)nc4c(F)c(-c5cccc6cccc(Cl)c56)ncc24)C3)O1. The average molecular weight is 657 g/mol. The highest BCUT2D eigenvalue weighted by Crippen LogP contribution is 2.42. The summed E-state index contributed by atoms with van der Waals surface area (Å²) in [5, 5.41) is 2.62. The van der Waals surface area contributed by atoms with Gasteiger partial charge in [0.05, 0.1) is 17.3 Å². The number of hydrogen-bond donors (Lipinski definition) is 0. The van der Waals surface area contributed by atoms with E-state index in [0.29, 0.717) is 41.5 Å². The molecule has 5 aliphatic rings. The third kappa shape index (κ3) is 4.64. The van der Waals surface area contributed by atoms with Gasteiger partial charge in [-0.1, -0.05) is 41.9 Å². The molecule has 0 spiro atoms. The lowest BCUT2D eigenvalue weighted by Crippen LogP contribution is -2.60. The van der Waals surface area contributed by atoms with Crippen LogP contribution in [0, 0.1) is 5.82 Å². The number of rotatable bonds is 6. The standard InChI is InChI=1S/C35H34ClFN6O4/c36-25-8-2-6-20-5-1-7-23(28(20)25)30-29(37)31-24(16-38-30)32(40-34(39-31)46-19-35-11-3-13-42(35)14-4-12-35)41-17-21-9-10-22(18-41)43(21)33(45)26-15-27(44)47-26/h1-2,5-8,16,21-22,26H,3-4,9-15,17-19H2/t21-,22+,26?. The fraction of sp³-hybridized carbons (Fsp3) is 0.457. The Bertz CT molecular complexity index is 1920. The summed E-state index contributed by atoms with van der Waals surface area (Å²) in [5.41, 5.74) is 0.853. The van der Waals surface area contributed by atoms with E-state index in [0.717, 1.165) is 62.4 Å². The predicted octanol–water partition coefficient (Wildman–Crippen LogP) is 5.14. The summed E-state index contributed by atoms with van der Waals surface area (Å²) in [6, 6.07) is 11.2. The molecule has 1 amide bonds. The number of benzene rings is 2. The van der Waals surface area contributed by atoms with Gasteiger partial charge in [-0.15, -0.1) is 0 Å². The maximum absolute atomic E-state index is 16.8. The number of piperazine rings is 1. The van der Waals surface area contributed by atoms with Crippen LogP contribution in [0.3, 0.4) is 0 Å². The Hall–Kier alpha value is -4.09. The molecule has 1 unspecified atom stereocenters. The van der Waals surface area contributed by atoms with Crippen LogP contribution in [0.1, 0.15) is 44.9 Å². The highest BCUT2D eigenvalue weighted by Gasteiger charge is 2.49. The Balaban J connectivity index is 1.12. The zero-order chi connectivity index (χ0) is 31.9. The van der Waals surface area contributed by atoms with Crippen LogP contribution in [0.5, 0.6) is 6.01 Å². The number of cyclic esters (lactones) is 1. The average Bonchev–Trinajstić information content (AvgIpc) is 3.72. The van der Waals surface area contributed by atoms with Crippen molar-refractivity contribution in [2.75, 3.05) is 37.7 Å². The highest BCUT2D eigenvalue weighted by atomic mass is 35.5. The molecule has 4 aromatic rings. The molecule has 2 aromatic heterocycles. The molecule has 2 bridgehead atoms. The van der Waals surface area contributed by atoms with Gasteiger partial charge in [0.25, 0.3) is 5.91 Å². The van der Waals surface area contributed by atoms with Crippen LogP contribution in [0.2, 0.25) is 5.02 Å². The maximum atomic E-state index is 16.8. The van der Waals surface area contributed by atoms with Crippen molar-refractivity contribution in [3.8, 4) is 17.3 Å². The minimum atomic E-state index is -0.693. The van der Waals surface area contributed by atoms with E-state index in [1.165, 1.54) is 0 Å². The molecular weight excluding hydrogens is 623 g/mol. The van der Waals surface area contributed by atoms with Crippen molar-refractivity contribution in [2.45, 2.75) is 68.7 Å². The van der Waals surface area contributed by atoms with Crippen LogP contribution < -0.4 is 9.64 Å². The maximum Gasteiger partial charge on any atom is 0.319 e. The molecule has 47 heavy (non-hydrogen) atoms. The van der Waals surface area contributed by atoms with E-state index < -0.39 is 11.9 Å². The predicted molar refractivity (Wildman–Crippen MR) is 174 cm³/mol. The first-order valence-corrected chi connectivity index (χ1v) is 16.9. The van der Waals surface area contributed by atoms with Gasteiger partial charge >= 0.3 is 12.0 Å². The minimum absolute atomic E-state index is 0.0315. The smallest absolute Gasteiger partial charge is 0.319 e. The molecule has 0 N–H and O–H groups in total. The lowest BCUT2D eigenvalue weighted by Gasteiger charge is -2.43. The first-order valence-electron chi connectivity index (χ1n) is 16.6. The number of carbonyl (C=O) groups excluding carboxylic acids is 2. The Morgan fingerprint density at radius 3 is 2.51 bits per heavy atom. The molecule has 0 aliphatic carbocycles. The fourth-order valence-corrected chi connectivity index (χ4v) is 8.99. The first-order chi connectivity index (χ1) is 22.9. The Kier molecular flexibility index (Phi) is 6.80. The van der Waals surface area contributed by atoms with Crippen molar-refractivity contribution < 1.29 is 23.5 Å². The van der Waals surface area contributed by atoms with Crippen molar-refractivity contribution >= 4 is 51.0 Å². The number of pyridine rings is 1. The molecule has 10 nitrogen and oxygen atoms in total. The molecule has 5 fully saturated rings. The van der Waals surface area contributed by atoms with Gasteiger partial charge in [-0.05, 0) is 63.1 Å². The van der Waals surface area contributed by atoms with Gasteiger partial charge in [0.15, 0.2) is 11.9 Å². The number of aromatic nitrogens is 3. The van der Waals surface area contributed by atoms with Crippen molar-refractivity contribution in [2.24, 2.45) is 0 Å². The van der Waals surface area contributed by atoms with Gasteiger partial charge in [0.2, 0.25) is 0 Å². The Morgan fingerprint density at radius 2 is 1.79 bits per heavy atom. The van der Waals surface area contributed by atoms with E-state index in [9.17, 15) is 9.59 Å². The zero-order valence-corrected chi connectivity index (χ0v) is 26.6. The van der Waals surface area contributed by atoms with Gasteiger partial charge < -0.3 is 19.3 Å². The summed E-state index contributed by atoms with van der Waals surface area (Å²) in [4.78, 5) is 45.4. The van der Waals surface area contributed by atoms with Gasteiger partial charge in [-0.2, -0.15) is 9.97 Å². The van der Waals surface area contributed by atoms with Crippen molar-refractivity contribution in [1.82, 2.24) is 24.8 Å². The molecule has 3 atom stereocenters. The van der Waals surface area contributed by atoms with Crippen molar-refractivity contribution in [3.63, 3.8) is 0 Å². The lowest BCUT2D eigenvalue weighted by atomic mass is 9.95. The van der Waals surface area contributed by atoms with E-state index in [4.69, 9.17) is 31.0 Å². The second-order valence-electron chi connectivity index (χ2n) is 13.6. The summed E-state index contributed by atoms with van der Waals surface area (Å²) < 4.78 is 28.3. The monoisotopic (exact) mass is 656 g/mol. The number of anilines is 1. The number of fused-ring (bicyclic) bond motifs is 5. The van der Waals surface area contributed by atoms with Crippen LogP contribution in [0.15, 0.2) is 42.6 Å². The molecule has 7 heterocycles. The zero-order valence-electron chi connectivity index (χ0n) is 25.8. The second-order valence-corrected chi connectivity index (χ2v) is 14.0. The van der Waals surface area contributed by atoms with Crippen molar-refractivity contribution in [3.05, 3.63) is 53.4 Å². The number of hydrogen-bond acceptors (Lipinski definition) is 9. The topological polar surface area (TPSA) is 101 Å². The molecule has 5 saturated heterocycles. The minimum Gasteiger partial charge on any atom is -0.461 e. The summed E-state index contributed by atoms with van der Waals surface area (Å²) in [6.07, 6.45) is 7.14. The third-order valence-corrected chi connectivity index (χ3v) is 11.3. The summed E-state index contributed by atoms with van der Waals surface area (Å²) >= 11 is 6.63. The van der Waals surface area contributed by atoms with E-state index >= 15 is 4.39 Å². The number of nitrogens with zero attached hydrogens (tertiary/aromatic N) is 6. The second kappa shape index (κ2) is 11.0. The number of ether oxygens (including phenoxy) is 2. The molecule has 0 saturated carbocycles. The lowest BCUT2D eigenvalue weighted by molar-refractivity contribution is -0.180. The Morgan fingerprint density at radius 1 is 1.06 bits per heavy atom. The van der Waals surface area contributed by atoms with Crippen LogP contribution in [-0.4, -0.2) is 93.1 Å². The summed E-state index contributed by atoms with van der Waals surface area (Å²) in [6.45, 7) is 3.60. The van der Waals surface area contributed by atoms with E-state index in [1.807, 2.05) is 35.2 Å². The number of carbonyl (C=O) groups is 2. The Labute approximate surface area is 275 Å². The van der Waals surface area contributed by atoms with E-state index in [2.05, 4.69) is 14.8 Å². The highest BCUT2D eigenvalue weighted by molar-refractivity contribution is 6.36. The molecule has 0 radical (unpaired) electrons. The fourth-order valence-electron chi connectivity index (χ4n) is 8.71. The van der Waals surface area contributed by atoms with E-state index in [-0.39, 0.29) is 53.1 Å². The van der Waals surface area contributed by atoms with Crippen LogP contribution in [0.25, 0.3) is 32.9 Å². The molecule has 9 rings (SSSR count). The normalized spacial score (nSPS) is 24.9. The summed E-state index contributed by atoms with van der Waals surface area (Å²) in [5.74, 6) is -0.484. The van der Waals surface area contributed by atoms with E-state index in [1.54, 1.807) is 12.3 Å². The van der Waals surface area contributed by atoms with Crippen LogP contribution in [-0.2, 0) is 14.3 Å². The van der Waals surface area contributed by atoms with Crippen LogP contribution >= 0.6 is 11.6 Å². The van der Waals surface area contributed by atoms with Crippen molar-refractivity contribution in [1.29, 1.82) is 0 Å². The van der Waals surface area contributed by atoms with Gasteiger partial charge in [0.1, 0.15) is 23.6 Å².